The number of nitrogen functional groups attached to an aromatic ring is 1. The lowest BCUT2D eigenvalue weighted by atomic mass is 10.1. The molecule has 3 aromatic rings. The summed E-state index contributed by atoms with van der Waals surface area (Å²) in [5.74, 6) is 1.14. The van der Waals surface area contributed by atoms with Crippen molar-refractivity contribution < 1.29 is 0 Å². The van der Waals surface area contributed by atoms with Gasteiger partial charge >= 0.3 is 0 Å². The summed E-state index contributed by atoms with van der Waals surface area (Å²) in [5, 5.41) is 2.05. The van der Waals surface area contributed by atoms with E-state index in [0.29, 0.717) is 5.95 Å². The van der Waals surface area contributed by atoms with Gasteiger partial charge in [-0.1, -0.05) is 6.07 Å². The minimum absolute atomic E-state index is 0.312. The molecule has 7 heteroatoms. The molecule has 0 fully saturated rings. The van der Waals surface area contributed by atoms with Gasteiger partial charge in [0.15, 0.2) is 5.82 Å². The fourth-order valence-electron chi connectivity index (χ4n) is 2.74. The summed E-state index contributed by atoms with van der Waals surface area (Å²) in [4.78, 5) is 20.8. The van der Waals surface area contributed by atoms with E-state index in [1.54, 1.807) is 23.7 Å². The maximum atomic E-state index is 5.53. The maximum Gasteiger partial charge on any atom is 0.219 e. The van der Waals surface area contributed by atoms with Crippen LogP contribution in [0.1, 0.15) is 16.8 Å². The number of hydrogen-bond donors (Lipinski definition) is 1. The van der Waals surface area contributed by atoms with Crippen LogP contribution in [-0.2, 0) is 19.5 Å². The molecule has 0 aliphatic carbocycles. The second-order valence-electron chi connectivity index (χ2n) is 5.55. The quantitative estimate of drug-likeness (QED) is 0.795. The summed E-state index contributed by atoms with van der Waals surface area (Å²) in [7, 11) is 0. The Bertz CT molecular complexity index is 800. The lowest BCUT2D eigenvalue weighted by molar-refractivity contribution is 0.242. The predicted octanol–water partition coefficient (Wildman–Crippen LogP) is 2.14. The molecule has 0 radical (unpaired) electrons. The van der Waals surface area contributed by atoms with Crippen LogP contribution in [0.5, 0.6) is 0 Å². The summed E-state index contributed by atoms with van der Waals surface area (Å²) in [6, 6.07) is 4.09. The van der Waals surface area contributed by atoms with Gasteiger partial charge in [-0.05, 0) is 11.4 Å². The second-order valence-corrected chi connectivity index (χ2v) is 6.50. The highest BCUT2D eigenvalue weighted by Gasteiger charge is 2.19. The largest absolute Gasteiger partial charge is 0.368 e. The van der Waals surface area contributed by atoms with Crippen LogP contribution in [0.25, 0.3) is 10.7 Å². The first-order valence-electron chi connectivity index (χ1n) is 7.45. The van der Waals surface area contributed by atoms with Gasteiger partial charge in [0.1, 0.15) is 0 Å². The average molecular weight is 324 g/mol. The van der Waals surface area contributed by atoms with Gasteiger partial charge in [0, 0.05) is 55.8 Å². The van der Waals surface area contributed by atoms with E-state index in [9.17, 15) is 0 Å². The zero-order valence-electron chi connectivity index (χ0n) is 12.5. The van der Waals surface area contributed by atoms with Gasteiger partial charge < -0.3 is 5.73 Å². The monoisotopic (exact) mass is 324 g/mol. The molecule has 1 aliphatic rings. The Hall–Kier alpha value is -2.38. The lowest BCUT2D eigenvalue weighted by Gasteiger charge is -2.27. The van der Waals surface area contributed by atoms with Crippen molar-refractivity contribution in [1.82, 2.24) is 24.8 Å². The summed E-state index contributed by atoms with van der Waals surface area (Å²) in [6.45, 7) is 2.63. The summed E-state index contributed by atoms with van der Waals surface area (Å²) in [5.41, 5.74) is 8.96. The lowest BCUT2D eigenvalue weighted by Crippen LogP contribution is -2.31. The van der Waals surface area contributed by atoms with Crippen LogP contribution in [-0.4, -0.2) is 31.4 Å². The van der Waals surface area contributed by atoms with Gasteiger partial charge in [-0.25, -0.2) is 19.9 Å². The number of rotatable bonds is 3. The molecule has 0 amide bonds. The highest BCUT2D eigenvalue weighted by Crippen LogP contribution is 2.24. The van der Waals surface area contributed by atoms with E-state index >= 15 is 0 Å². The van der Waals surface area contributed by atoms with E-state index < -0.39 is 0 Å². The molecule has 0 spiro atoms. The minimum atomic E-state index is 0.312. The molecule has 4 heterocycles. The van der Waals surface area contributed by atoms with Crippen LogP contribution in [0.4, 0.5) is 5.95 Å². The third-order valence-corrected chi connectivity index (χ3v) is 4.75. The molecule has 3 aromatic heterocycles. The summed E-state index contributed by atoms with van der Waals surface area (Å²) < 4.78 is 0. The van der Waals surface area contributed by atoms with Gasteiger partial charge in [-0.15, -0.1) is 11.3 Å². The topological polar surface area (TPSA) is 80.8 Å². The zero-order chi connectivity index (χ0) is 15.6. The molecule has 0 aromatic carbocycles. The van der Waals surface area contributed by atoms with Crippen molar-refractivity contribution >= 4 is 17.3 Å². The average Bonchev–Trinajstić information content (AvgIpc) is 3.11. The number of anilines is 1. The molecule has 4 rings (SSSR count). The molecular formula is C16H16N6S. The van der Waals surface area contributed by atoms with Crippen molar-refractivity contribution in [1.29, 1.82) is 0 Å². The normalized spacial score (nSPS) is 14.6. The Balaban J connectivity index is 1.50. The van der Waals surface area contributed by atoms with Gasteiger partial charge in [0.2, 0.25) is 5.95 Å². The Labute approximate surface area is 138 Å². The van der Waals surface area contributed by atoms with Crippen LogP contribution in [0.3, 0.4) is 0 Å². The van der Waals surface area contributed by atoms with Gasteiger partial charge in [0.05, 0.1) is 10.6 Å². The first-order valence-corrected chi connectivity index (χ1v) is 8.33. The molecule has 0 unspecified atom stereocenters. The molecule has 23 heavy (non-hydrogen) atoms. The predicted molar refractivity (Wildman–Crippen MR) is 89.6 cm³/mol. The summed E-state index contributed by atoms with van der Waals surface area (Å²) in [6.07, 6.45) is 6.47. The zero-order valence-corrected chi connectivity index (χ0v) is 13.3. The highest BCUT2D eigenvalue weighted by molar-refractivity contribution is 7.13. The fraction of sp³-hybridized carbons (Fsp3) is 0.250. The smallest absolute Gasteiger partial charge is 0.219 e. The van der Waals surface area contributed by atoms with Crippen molar-refractivity contribution in [3.63, 3.8) is 0 Å². The number of hydrogen-bond acceptors (Lipinski definition) is 7. The standard InChI is InChI=1S/C16H16N6S/c17-16-19-6-11(7-20-16)9-22-4-3-13-12(10-22)8-18-15(21-13)14-2-1-5-23-14/h1-2,5-8H,3-4,9-10H2,(H2,17,19,20). The third-order valence-electron chi connectivity index (χ3n) is 3.89. The van der Waals surface area contributed by atoms with Crippen molar-refractivity contribution in [2.75, 3.05) is 12.3 Å². The van der Waals surface area contributed by atoms with E-state index in [4.69, 9.17) is 10.7 Å². The van der Waals surface area contributed by atoms with Crippen LogP contribution in [0, 0.1) is 0 Å². The van der Waals surface area contributed by atoms with Crippen molar-refractivity contribution in [2.45, 2.75) is 19.5 Å². The molecule has 2 N–H and O–H groups in total. The number of nitrogens with zero attached hydrogens (tertiary/aromatic N) is 5. The molecule has 0 bridgehead atoms. The molecule has 0 saturated heterocycles. The first-order chi connectivity index (χ1) is 11.3. The van der Waals surface area contributed by atoms with Crippen LogP contribution >= 0.6 is 11.3 Å². The van der Waals surface area contributed by atoms with Crippen LogP contribution < -0.4 is 5.73 Å². The third kappa shape index (κ3) is 3.06. The second kappa shape index (κ2) is 6.02. The Morgan fingerprint density at radius 3 is 2.83 bits per heavy atom. The Kier molecular flexibility index (Phi) is 3.72. The molecule has 116 valence electrons. The van der Waals surface area contributed by atoms with E-state index in [0.717, 1.165) is 48.0 Å². The highest BCUT2D eigenvalue weighted by atomic mass is 32.1. The number of nitrogens with two attached hydrogens (primary N) is 1. The first kappa shape index (κ1) is 14.2. The van der Waals surface area contributed by atoms with Crippen molar-refractivity contribution in [3.05, 3.63) is 52.9 Å². The van der Waals surface area contributed by atoms with Gasteiger partial charge in [-0.3, -0.25) is 4.90 Å². The number of thiophene rings is 1. The SMILES string of the molecule is Nc1ncc(CN2CCc3nc(-c4cccs4)ncc3C2)cn1. The van der Waals surface area contributed by atoms with Gasteiger partial charge in [0.25, 0.3) is 0 Å². The number of fused-ring (bicyclic) bond motifs is 1. The Morgan fingerprint density at radius 2 is 2.04 bits per heavy atom. The number of aromatic nitrogens is 4. The van der Waals surface area contributed by atoms with E-state index in [-0.39, 0.29) is 0 Å². The Morgan fingerprint density at radius 1 is 1.17 bits per heavy atom. The van der Waals surface area contributed by atoms with Crippen molar-refractivity contribution in [3.8, 4) is 10.7 Å². The molecular weight excluding hydrogens is 308 g/mol. The van der Waals surface area contributed by atoms with Gasteiger partial charge in [-0.2, -0.15) is 0 Å². The van der Waals surface area contributed by atoms with Crippen LogP contribution in [0.2, 0.25) is 0 Å². The minimum Gasteiger partial charge on any atom is -0.368 e. The maximum absolute atomic E-state index is 5.53. The summed E-state index contributed by atoms with van der Waals surface area (Å²) >= 11 is 1.67. The molecule has 0 saturated carbocycles. The molecule has 0 atom stereocenters. The van der Waals surface area contributed by atoms with Crippen LogP contribution in [0.15, 0.2) is 36.1 Å². The van der Waals surface area contributed by atoms with E-state index in [1.165, 1.54) is 5.56 Å². The fourth-order valence-corrected chi connectivity index (χ4v) is 3.40. The van der Waals surface area contributed by atoms with E-state index in [2.05, 4.69) is 31.3 Å². The molecule has 6 nitrogen and oxygen atoms in total. The molecule has 1 aliphatic heterocycles. The van der Waals surface area contributed by atoms with Crippen molar-refractivity contribution in [2.24, 2.45) is 0 Å². The van der Waals surface area contributed by atoms with E-state index in [1.807, 2.05) is 12.3 Å².